The summed E-state index contributed by atoms with van der Waals surface area (Å²) in [5.41, 5.74) is 1.64. The molecule has 3 nitrogen and oxygen atoms in total. The number of benzene rings is 2. The van der Waals surface area contributed by atoms with Gasteiger partial charge >= 0.3 is 5.97 Å². The number of nitrogens with zero attached hydrogens (tertiary/aromatic N) is 1. The van der Waals surface area contributed by atoms with Crippen LogP contribution in [0.1, 0.15) is 18.1 Å². The van der Waals surface area contributed by atoms with Crippen LogP contribution < -0.4 is 0 Å². The zero-order chi connectivity index (χ0) is 16.8. The summed E-state index contributed by atoms with van der Waals surface area (Å²) < 4.78 is 4.99. The first-order valence-electron chi connectivity index (χ1n) is 6.90. The Morgan fingerprint density at radius 2 is 1.61 bits per heavy atom. The lowest BCUT2D eigenvalue weighted by molar-refractivity contribution is -0.137. The van der Waals surface area contributed by atoms with Gasteiger partial charge in [0.1, 0.15) is 11.6 Å². The summed E-state index contributed by atoms with van der Waals surface area (Å²) in [5.74, 6) is -0.676. The first-order valence-corrected chi connectivity index (χ1v) is 7.65. The molecule has 2 rings (SSSR count). The van der Waals surface area contributed by atoms with Crippen LogP contribution in [0.3, 0.4) is 0 Å². The SMILES string of the molecule is CCOC(=O)C(C#N)=C(c1cccc(Cl)c1)c1cccc(Cl)c1. The fourth-order valence-corrected chi connectivity index (χ4v) is 2.53. The van der Waals surface area contributed by atoms with Gasteiger partial charge in [0, 0.05) is 15.6 Å². The molecule has 0 aliphatic heterocycles. The van der Waals surface area contributed by atoms with E-state index in [0.29, 0.717) is 26.7 Å². The first kappa shape index (κ1) is 17.1. The normalized spacial score (nSPS) is 9.83. The van der Waals surface area contributed by atoms with Gasteiger partial charge in [-0.2, -0.15) is 5.26 Å². The summed E-state index contributed by atoms with van der Waals surface area (Å²) in [6.45, 7) is 1.87. The van der Waals surface area contributed by atoms with Crippen LogP contribution in [0.15, 0.2) is 54.1 Å². The van der Waals surface area contributed by atoms with Crippen molar-refractivity contribution in [2.75, 3.05) is 6.61 Å². The van der Waals surface area contributed by atoms with Crippen molar-refractivity contribution >= 4 is 34.7 Å². The monoisotopic (exact) mass is 345 g/mol. The van der Waals surface area contributed by atoms with Crippen LogP contribution in [0.2, 0.25) is 10.0 Å². The minimum atomic E-state index is -0.676. The molecule has 0 spiro atoms. The Kier molecular flexibility index (Phi) is 5.81. The molecule has 0 atom stereocenters. The Hall–Kier alpha value is -2.28. The Morgan fingerprint density at radius 1 is 1.09 bits per heavy atom. The number of hydrogen-bond acceptors (Lipinski definition) is 3. The molecule has 0 radical (unpaired) electrons. The topological polar surface area (TPSA) is 50.1 Å². The lowest BCUT2D eigenvalue weighted by Gasteiger charge is -2.12. The zero-order valence-corrected chi connectivity index (χ0v) is 13.9. The highest BCUT2D eigenvalue weighted by Crippen LogP contribution is 2.30. The van der Waals surface area contributed by atoms with Gasteiger partial charge in [0.2, 0.25) is 0 Å². The highest BCUT2D eigenvalue weighted by atomic mass is 35.5. The van der Waals surface area contributed by atoms with Crippen LogP contribution in [0, 0.1) is 11.3 Å². The highest BCUT2D eigenvalue weighted by Gasteiger charge is 2.20. The number of carbonyl (C=O) groups excluding carboxylic acids is 1. The second kappa shape index (κ2) is 7.82. The molecule has 0 amide bonds. The number of nitriles is 1. The molecule has 116 valence electrons. The molecule has 0 fully saturated rings. The molecule has 0 unspecified atom stereocenters. The molecule has 5 heteroatoms. The summed E-state index contributed by atoms with van der Waals surface area (Å²) in [5, 5.41) is 10.5. The zero-order valence-electron chi connectivity index (χ0n) is 12.3. The van der Waals surface area contributed by atoms with Gasteiger partial charge in [-0.1, -0.05) is 47.5 Å². The molecule has 0 aromatic heterocycles. The predicted octanol–water partition coefficient (Wildman–Crippen LogP) is 4.88. The fourth-order valence-electron chi connectivity index (χ4n) is 2.15. The molecule has 0 heterocycles. The highest BCUT2D eigenvalue weighted by molar-refractivity contribution is 6.31. The van der Waals surface area contributed by atoms with E-state index in [1.54, 1.807) is 55.5 Å². The maximum absolute atomic E-state index is 12.2. The second-order valence-corrected chi connectivity index (χ2v) is 5.48. The molecule has 23 heavy (non-hydrogen) atoms. The third-order valence-electron chi connectivity index (χ3n) is 3.07. The third-order valence-corrected chi connectivity index (χ3v) is 3.54. The van der Waals surface area contributed by atoms with Gasteiger partial charge in [0.05, 0.1) is 6.61 Å². The average Bonchev–Trinajstić information content (AvgIpc) is 2.52. The Labute approximate surface area is 144 Å². The number of esters is 1. The Morgan fingerprint density at radius 3 is 2.00 bits per heavy atom. The smallest absolute Gasteiger partial charge is 0.349 e. The van der Waals surface area contributed by atoms with Gasteiger partial charge < -0.3 is 4.74 Å². The van der Waals surface area contributed by atoms with E-state index in [1.807, 2.05) is 6.07 Å². The molecule has 0 saturated heterocycles. The van der Waals surface area contributed by atoms with Crippen LogP contribution in [-0.2, 0) is 9.53 Å². The van der Waals surface area contributed by atoms with E-state index >= 15 is 0 Å². The molecular weight excluding hydrogens is 333 g/mol. The summed E-state index contributed by atoms with van der Waals surface area (Å²) in [7, 11) is 0. The van der Waals surface area contributed by atoms with E-state index in [1.165, 1.54) is 0 Å². The summed E-state index contributed by atoms with van der Waals surface area (Å²) >= 11 is 12.1. The van der Waals surface area contributed by atoms with Crippen molar-refractivity contribution in [3.63, 3.8) is 0 Å². The second-order valence-electron chi connectivity index (χ2n) is 4.60. The van der Waals surface area contributed by atoms with E-state index < -0.39 is 5.97 Å². The van der Waals surface area contributed by atoms with E-state index in [4.69, 9.17) is 27.9 Å². The van der Waals surface area contributed by atoms with Gasteiger partial charge in [-0.15, -0.1) is 0 Å². The predicted molar refractivity (Wildman–Crippen MR) is 91.2 cm³/mol. The maximum atomic E-state index is 12.2. The van der Waals surface area contributed by atoms with Gasteiger partial charge in [0.25, 0.3) is 0 Å². The first-order chi connectivity index (χ1) is 11.1. The number of carbonyl (C=O) groups is 1. The van der Waals surface area contributed by atoms with Crippen LogP contribution in [0.4, 0.5) is 0 Å². The van der Waals surface area contributed by atoms with Crippen molar-refractivity contribution < 1.29 is 9.53 Å². The molecule has 2 aromatic rings. The van der Waals surface area contributed by atoms with Crippen LogP contribution in [-0.4, -0.2) is 12.6 Å². The number of rotatable bonds is 4. The van der Waals surface area contributed by atoms with Crippen molar-refractivity contribution in [3.05, 3.63) is 75.3 Å². The van der Waals surface area contributed by atoms with Crippen LogP contribution in [0.5, 0.6) is 0 Å². The van der Waals surface area contributed by atoms with Gasteiger partial charge in [-0.05, 0) is 42.3 Å². The molecular formula is C18H13Cl2NO2. The molecule has 0 aliphatic rings. The van der Waals surface area contributed by atoms with Crippen molar-refractivity contribution in [2.45, 2.75) is 6.92 Å². The van der Waals surface area contributed by atoms with Crippen molar-refractivity contribution in [3.8, 4) is 6.07 Å². The minimum absolute atomic E-state index is 0.0867. The quantitative estimate of drug-likeness (QED) is 0.450. The van der Waals surface area contributed by atoms with Gasteiger partial charge in [0.15, 0.2) is 0 Å². The minimum Gasteiger partial charge on any atom is -0.462 e. The van der Waals surface area contributed by atoms with Gasteiger partial charge in [-0.25, -0.2) is 4.79 Å². The average molecular weight is 346 g/mol. The molecule has 0 bridgehead atoms. The van der Waals surface area contributed by atoms with Crippen molar-refractivity contribution in [1.82, 2.24) is 0 Å². The van der Waals surface area contributed by atoms with E-state index in [9.17, 15) is 10.1 Å². The summed E-state index contributed by atoms with van der Waals surface area (Å²) in [4.78, 5) is 12.2. The molecule has 0 aliphatic carbocycles. The lowest BCUT2D eigenvalue weighted by atomic mass is 9.93. The van der Waals surface area contributed by atoms with E-state index in [0.717, 1.165) is 0 Å². The van der Waals surface area contributed by atoms with Crippen molar-refractivity contribution in [1.29, 1.82) is 5.26 Å². The molecule has 2 aromatic carbocycles. The van der Waals surface area contributed by atoms with Crippen molar-refractivity contribution in [2.24, 2.45) is 0 Å². The largest absolute Gasteiger partial charge is 0.462 e. The lowest BCUT2D eigenvalue weighted by Crippen LogP contribution is -2.09. The van der Waals surface area contributed by atoms with E-state index in [2.05, 4.69) is 0 Å². The third kappa shape index (κ3) is 4.13. The number of halogens is 2. The summed E-state index contributed by atoms with van der Waals surface area (Å²) in [6.07, 6.45) is 0. The van der Waals surface area contributed by atoms with Gasteiger partial charge in [-0.3, -0.25) is 0 Å². The number of hydrogen-bond donors (Lipinski definition) is 0. The molecule has 0 N–H and O–H groups in total. The Balaban J connectivity index is 2.74. The standard InChI is InChI=1S/C18H13Cl2NO2/c1-2-23-18(22)16(11-21)17(12-5-3-7-14(19)9-12)13-6-4-8-15(20)10-13/h3-10H,2H2,1H3. The summed E-state index contributed by atoms with van der Waals surface area (Å²) in [6, 6.07) is 15.8. The van der Waals surface area contributed by atoms with Crippen LogP contribution in [0.25, 0.3) is 5.57 Å². The Bertz CT molecular complexity index is 759. The maximum Gasteiger partial charge on any atom is 0.349 e. The van der Waals surface area contributed by atoms with Crippen LogP contribution >= 0.6 is 23.2 Å². The van der Waals surface area contributed by atoms with E-state index in [-0.39, 0.29) is 12.2 Å². The number of ether oxygens (including phenoxy) is 1. The fraction of sp³-hybridized carbons (Fsp3) is 0.111. The molecule has 0 saturated carbocycles.